The van der Waals surface area contributed by atoms with Crippen LogP contribution in [0.1, 0.15) is 37.6 Å². The summed E-state index contributed by atoms with van der Waals surface area (Å²) >= 11 is 0. The van der Waals surface area contributed by atoms with Crippen molar-refractivity contribution in [1.82, 2.24) is 19.1 Å². The molecule has 1 aliphatic rings. The molecule has 2 heterocycles. The lowest BCUT2D eigenvalue weighted by atomic mass is 10.1. The van der Waals surface area contributed by atoms with E-state index in [2.05, 4.69) is 10.2 Å². The molecule has 0 N–H and O–H groups in total. The molecule has 1 fully saturated rings. The Morgan fingerprint density at radius 3 is 2.92 bits per heavy atom. The lowest BCUT2D eigenvalue weighted by Gasteiger charge is -2.25. The van der Waals surface area contributed by atoms with Gasteiger partial charge in [0, 0.05) is 25.6 Å². The number of aryl methyl sites for hydroxylation is 3. The van der Waals surface area contributed by atoms with Gasteiger partial charge in [-0.2, -0.15) is 4.31 Å². The van der Waals surface area contributed by atoms with Crippen LogP contribution < -0.4 is 0 Å². The number of benzene rings is 1. The Labute approximate surface area is 147 Å². The van der Waals surface area contributed by atoms with Crippen LogP contribution in [-0.4, -0.2) is 40.1 Å². The molecule has 1 aromatic carbocycles. The van der Waals surface area contributed by atoms with Gasteiger partial charge in [0.25, 0.3) is 0 Å². The molecule has 0 saturated carbocycles. The van der Waals surface area contributed by atoms with Crippen LogP contribution in [-0.2, 0) is 23.0 Å². The third kappa shape index (κ3) is 3.59. The summed E-state index contributed by atoms with van der Waals surface area (Å²) in [6.45, 7) is 4.98. The molecule has 1 unspecified atom stereocenters. The van der Waals surface area contributed by atoms with E-state index in [1.54, 1.807) is 13.3 Å². The quantitative estimate of drug-likeness (QED) is 0.788. The molecule has 0 aliphatic carbocycles. The first-order valence-corrected chi connectivity index (χ1v) is 10.0. The lowest BCUT2D eigenvalue weighted by Crippen LogP contribution is -2.36. The molecular formula is C17H23FN4O2S. The molecule has 1 atom stereocenters. The molecule has 0 amide bonds. The second-order valence-corrected chi connectivity index (χ2v) is 8.25. The molecule has 1 aliphatic heterocycles. The van der Waals surface area contributed by atoms with Crippen LogP contribution in [0.15, 0.2) is 29.4 Å². The first-order valence-electron chi connectivity index (χ1n) is 8.58. The highest BCUT2D eigenvalue weighted by Crippen LogP contribution is 2.30. The summed E-state index contributed by atoms with van der Waals surface area (Å²) in [6.07, 6.45) is 4.68. The summed E-state index contributed by atoms with van der Waals surface area (Å²) in [5.74, 6) is 0.338. The lowest BCUT2D eigenvalue weighted by molar-refractivity contribution is 0.366. The van der Waals surface area contributed by atoms with Crippen molar-refractivity contribution >= 4 is 10.0 Å². The van der Waals surface area contributed by atoms with E-state index in [0.29, 0.717) is 24.9 Å². The number of hydrogen-bond acceptors (Lipinski definition) is 4. The fourth-order valence-corrected chi connectivity index (χ4v) is 5.39. The van der Waals surface area contributed by atoms with E-state index in [9.17, 15) is 12.8 Å². The number of rotatable bonds is 6. The van der Waals surface area contributed by atoms with Gasteiger partial charge in [0.2, 0.25) is 10.0 Å². The first-order chi connectivity index (χ1) is 11.9. The molecule has 1 aromatic heterocycles. The Hall–Kier alpha value is -1.80. The Balaban J connectivity index is 1.79. The van der Waals surface area contributed by atoms with Crippen molar-refractivity contribution < 1.29 is 12.8 Å². The minimum Gasteiger partial charge on any atom is -0.318 e. The predicted molar refractivity (Wildman–Crippen MR) is 92.1 cm³/mol. The smallest absolute Gasteiger partial charge is 0.243 e. The van der Waals surface area contributed by atoms with Gasteiger partial charge in [-0.3, -0.25) is 0 Å². The van der Waals surface area contributed by atoms with Crippen LogP contribution in [0.5, 0.6) is 0 Å². The summed E-state index contributed by atoms with van der Waals surface area (Å²) in [4.78, 5) is 0.0659. The third-order valence-corrected chi connectivity index (χ3v) is 6.89. The number of halogens is 1. The van der Waals surface area contributed by atoms with Crippen molar-refractivity contribution in [2.45, 2.75) is 57.0 Å². The van der Waals surface area contributed by atoms with E-state index in [4.69, 9.17) is 0 Å². The van der Waals surface area contributed by atoms with Crippen molar-refractivity contribution in [3.05, 3.63) is 41.7 Å². The second-order valence-electron chi connectivity index (χ2n) is 6.39. The fraction of sp³-hybridized carbons (Fsp3) is 0.529. The molecule has 0 spiro atoms. The van der Waals surface area contributed by atoms with Gasteiger partial charge in [-0.1, -0.05) is 6.07 Å². The van der Waals surface area contributed by atoms with Crippen molar-refractivity contribution in [3.63, 3.8) is 0 Å². The van der Waals surface area contributed by atoms with Crippen LogP contribution >= 0.6 is 0 Å². The first kappa shape index (κ1) is 18.0. The van der Waals surface area contributed by atoms with Gasteiger partial charge >= 0.3 is 0 Å². The summed E-state index contributed by atoms with van der Waals surface area (Å²) in [7, 11) is -3.70. The summed E-state index contributed by atoms with van der Waals surface area (Å²) in [5.41, 5.74) is 0.567. The van der Waals surface area contributed by atoms with Crippen LogP contribution in [0.3, 0.4) is 0 Å². The van der Waals surface area contributed by atoms with Gasteiger partial charge in [-0.25, -0.2) is 12.8 Å². The Kier molecular flexibility index (Phi) is 5.19. The Morgan fingerprint density at radius 1 is 1.36 bits per heavy atom. The van der Waals surface area contributed by atoms with Gasteiger partial charge in [0.05, 0.1) is 4.90 Å². The average Bonchev–Trinajstić information content (AvgIpc) is 3.23. The van der Waals surface area contributed by atoms with Gasteiger partial charge in [0.1, 0.15) is 18.0 Å². The van der Waals surface area contributed by atoms with Gasteiger partial charge in [0.15, 0.2) is 0 Å². The Morgan fingerprint density at radius 2 is 2.16 bits per heavy atom. The number of hydrogen-bond donors (Lipinski definition) is 0. The molecule has 0 bridgehead atoms. The van der Waals surface area contributed by atoms with Crippen LogP contribution in [0, 0.1) is 12.7 Å². The molecule has 8 heteroatoms. The van der Waals surface area contributed by atoms with Gasteiger partial charge in [-0.15, -0.1) is 10.2 Å². The maximum atomic E-state index is 13.6. The van der Waals surface area contributed by atoms with Crippen molar-refractivity contribution in [3.8, 4) is 0 Å². The molecular weight excluding hydrogens is 343 g/mol. The fourth-order valence-electron chi connectivity index (χ4n) is 3.42. The van der Waals surface area contributed by atoms with E-state index >= 15 is 0 Å². The van der Waals surface area contributed by atoms with Crippen molar-refractivity contribution in [2.75, 3.05) is 6.54 Å². The van der Waals surface area contributed by atoms with E-state index in [1.807, 2.05) is 11.5 Å². The zero-order valence-electron chi connectivity index (χ0n) is 14.5. The molecule has 136 valence electrons. The molecule has 1 saturated heterocycles. The van der Waals surface area contributed by atoms with Crippen molar-refractivity contribution in [2.24, 2.45) is 0 Å². The van der Waals surface area contributed by atoms with E-state index in [-0.39, 0.29) is 10.9 Å². The SMILES string of the molecule is CCn1cnnc1CCC1CCCN1S(=O)(=O)c1cc(F)ccc1C. The van der Waals surface area contributed by atoms with Crippen LogP contribution in [0.2, 0.25) is 0 Å². The average molecular weight is 366 g/mol. The standard InChI is InChI=1S/C17H23FN4O2S/c1-3-21-12-19-20-17(21)9-8-15-5-4-10-22(15)25(23,24)16-11-14(18)7-6-13(16)2/h6-7,11-12,15H,3-5,8-10H2,1-2H3. The van der Waals surface area contributed by atoms with Crippen molar-refractivity contribution in [1.29, 1.82) is 0 Å². The maximum absolute atomic E-state index is 13.6. The van der Waals surface area contributed by atoms with Gasteiger partial charge in [-0.05, 0) is 50.8 Å². The summed E-state index contributed by atoms with van der Waals surface area (Å²) in [5, 5.41) is 8.03. The zero-order chi connectivity index (χ0) is 18.0. The highest BCUT2D eigenvalue weighted by atomic mass is 32.2. The van der Waals surface area contributed by atoms with Crippen LogP contribution in [0.4, 0.5) is 4.39 Å². The maximum Gasteiger partial charge on any atom is 0.243 e. The highest BCUT2D eigenvalue weighted by Gasteiger charge is 2.36. The largest absolute Gasteiger partial charge is 0.318 e. The minimum absolute atomic E-state index is 0.0659. The zero-order valence-corrected chi connectivity index (χ0v) is 15.3. The highest BCUT2D eigenvalue weighted by molar-refractivity contribution is 7.89. The minimum atomic E-state index is -3.70. The van der Waals surface area contributed by atoms with Crippen LogP contribution in [0.25, 0.3) is 0 Å². The van der Waals surface area contributed by atoms with E-state index in [1.165, 1.54) is 16.4 Å². The third-order valence-electron chi connectivity index (χ3n) is 4.80. The second kappa shape index (κ2) is 7.21. The molecule has 6 nitrogen and oxygen atoms in total. The topological polar surface area (TPSA) is 68.1 Å². The van der Waals surface area contributed by atoms with E-state index < -0.39 is 15.8 Å². The predicted octanol–water partition coefficient (Wildman–Crippen LogP) is 2.53. The molecule has 25 heavy (non-hydrogen) atoms. The Bertz CT molecular complexity index is 850. The van der Waals surface area contributed by atoms with Gasteiger partial charge < -0.3 is 4.57 Å². The summed E-state index contributed by atoms with van der Waals surface area (Å²) < 4.78 is 43.1. The van der Waals surface area contributed by atoms with E-state index in [0.717, 1.165) is 31.3 Å². The summed E-state index contributed by atoms with van der Waals surface area (Å²) in [6, 6.07) is 3.83. The number of nitrogens with zero attached hydrogens (tertiary/aromatic N) is 4. The number of sulfonamides is 1. The number of aromatic nitrogens is 3. The molecule has 3 rings (SSSR count). The normalized spacial score (nSPS) is 18.8. The monoisotopic (exact) mass is 366 g/mol. The molecule has 2 aromatic rings. The molecule has 0 radical (unpaired) electrons.